The van der Waals surface area contributed by atoms with Crippen LogP contribution in [-0.2, 0) is 19.1 Å². The van der Waals surface area contributed by atoms with Crippen LogP contribution in [0.2, 0.25) is 0 Å². The minimum absolute atomic E-state index is 0.0589. The summed E-state index contributed by atoms with van der Waals surface area (Å²) in [7, 11) is 0. The number of alkyl halides is 2. The number of ketones is 1. The maximum Gasteiger partial charge on any atom is 0.225 e. The molecule has 0 spiro atoms. The Balaban J connectivity index is 1.64. The maximum atomic E-state index is 17.3. The molecule has 0 bridgehead atoms. The number of hydrogen-bond donors (Lipinski definition) is 1. The Bertz CT molecular complexity index is 1070. The number of aliphatic hydroxyl groups excluding tert-OH is 1. The fraction of sp³-hybridized carbons (Fsp3) is 0.720. The monoisotopic (exact) mass is 493 g/mol. The zero-order valence-electron chi connectivity index (χ0n) is 19.6. The first-order valence-corrected chi connectivity index (χ1v) is 12.6. The van der Waals surface area contributed by atoms with E-state index in [1.807, 2.05) is 6.07 Å². The smallest absolute Gasteiger partial charge is 0.225 e. The van der Waals surface area contributed by atoms with Crippen LogP contribution in [0.1, 0.15) is 47.0 Å². The van der Waals surface area contributed by atoms with Crippen molar-refractivity contribution in [2.24, 2.45) is 22.7 Å². The van der Waals surface area contributed by atoms with E-state index < -0.39 is 63.9 Å². The molecule has 4 fully saturated rings. The molecule has 3 saturated carbocycles. The average molecular weight is 494 g/mol. The second-order valence-corrected chi connectivity index (χ2v) is 12.1. The van der Waals surface area contributed by atoms with Crippen molar-refractivity contribution in [2.75, 3.05) is 5.75 Å². The predicted molar refractivity (Wildman–Crippen MR) is 120 cm³/mol. The molecule has 0 aromatic rings. The van der Waals surface area contributed by atoms with Crippen LogP contribution < -0.4 is 0 Å². The third kappa shape index (κ3) is 2.71. The summed E-state index contributed by atoms with van der Waals surface area (Å²) in [6.45, 7) is 6.75. The largest absolute Gasteiger partial charge is 0.390 e. The van der Waals surface area contributed by atoms with Gasteiger partial charge in [0.1, 0.15) is 6.17 Å². The number of carbonyl (C=O) groups is 2. The van der Waals surface area contributed by atoms with Crippen molar-refractivity contribution in [1.29, 1.82) is 5.26 Å². The quantitative estimate of drug-likeness (QED) is 0.628. The molecule has 1 aliphatic heterocycles. The molecular formula is C25H29F2NO5S. The minimum atomic E-state index is -2.24. The van der Waals surface area contributed by atoms with Gasteiger partial charge in [-0.15, -0.1) is 0 Å². The van der Waals surface area contributed by atoms with Crippen LogP contribution in [0.4, 0.5) is 8.78 Å². The fourth-order valence-corrected chi connectivity index (χ4v) is 8.67. The Morgan fingerprint density at radius 1 is 1.29 bits per heavy atom. The fourth-order valence-electron chi connectivity index (χ4n) is 7.86. The molecule has 1 heterocycles. The van der Waals surface area contributed by atoms with Crippen LogP contribution in [0.15, 0.2) is 23.8 Å². The zero-order chi connectivity index (χ0) is 24.9. The second kappa shape index (κ2) is 7.22. The summed E-state index contributed by atoms with van der Waals surface area (Å²) in [5.74, 6) is -3.00. The molecule has 1 saturated heterocycles. The second-order valence-electron chi connectivity index (χ2n) is 11.2. The number of carbonyl (C=O) groups excluding carboxylic acids is 2. The van der Waals surface area contributed by atoms with Gasteiger partial charge in [0.15, 0.2) is 22.8 Å². The molecule has 34 heavy (non-hydrogen) atoms. The molecule has 5 rings (SSSR count). The first kappa shape index (κ1) is 24.1. The van der Waals surface area contributed by atoms with Gasteiger partial charge >= 0.3 is 0 Å². The molecule has 1 N–H and O–H groups in total. The normalized spacial score (nSPS) is 50.5. The highest BCUT2D eigenvalue weighted by Crippen LogP contribution is 2.72. The molecule has 0 aromatic carbocycles. The number of ether oxygens (including phenoxy) is 2. The number of thioether (sulfide) groups is 1. The Kier molecular flexibility index (Phi) is 5.12. The number of nitrogens with zero attached hydrogens (tertiary/aromatic N) is 1. The van der Waals surface area contributed by atoms with E-state index in [-0.39, 0.29) is 35.7 Å². The van der Waals surface area contributed by atoms with Gasteiger partial charge in [-0.05, 0) is 63.7 Å². The zero-order valence-corrected chi connectivity index (χ0v) is 20.5. The van der Waals surface area contributed by atoms with E-state index in [1.165, 1.54) is 12.2 Å². The predicted octanol–water partition coefficient (Wildman–Crippen LogP) is 3.59. The molecule has 9 atom stereocenters. The van der Waals surface area contributed by atoms with Gasteiger partial charge in [-0.3, -0.25) is 9.59 Å². The van der Waals surface area contributed by atoms with Gasteiger partial charge in [0.2, 0.25) is 5.12 Å². The Morgan fingerprint density at radius 2 is 2.00 bits per heavy atom. The van der Waals surface area contributed by atoms with Gasteiger partial charge in [-0.1, -0.05) is 24.8 Å². The summed E-state index contributed by atoms with van der Waals surface area (Å²) in [6, 6.07) is 1.95. The Labute approximate surface area is 201 Å². The molecule has 0 unspecified atom stereocenters. The molecule has 6 nitrogen and oxygen atoms in total. The van der Waals surface area contributed by atoms with E-state index in [2.05, 4.69) is 0 Å². The number of fused-ring (bicyclic) bond motifs is 7. The lowest BCUT2D eigenvalue weighted by Crippen LogP contribution is -2.70. The van der Waals surface area contributed by atoms with Crippen molar-refractivity contribution in [3.63, 3.8) is 0 Å². The third-order valence-electron chi connectivity index (χ3n) is 9.19. The van der Waals surface area contributed by atoms with Crippen LogP contribution in [0.5, 0.6) is 0 Å². The van der Waals surface area contributed by atoms with Crippen molar-refractivity contribution >= 4 is 22.7 Å². The lowest BCUT2D eigenvalue weighted by Gasteiger charge is -2.63. The Morgan fingerprint density at radius 3 is 2.68 bits per heavy atom. The number of nitriles is 1. The highest BCUT2D eigenvalue weighted by Gasteiger charge is 2.80. The highest BCUT2D eigenvalue weighted by molar-refractivity contribution is 8.14. The molecular weight excluding hydrogens is 464 g/mol. The summed E-state index contributed by atoms with van der Waals surface area (Å²) in [4.78, 5) is 25.6. The van der Waals surface area contributed by atoms with E-state index in [0.29, 0.717) is 0 Å². The van der Waals surface area contributed by atoms with E-state index in [1.54, 1.807) is 27.7 Å². The number of halogens is 2. The van der Waals surface area contributed by atoms with Gasteiger partial charge in [0.25, 0.3) is 0 Å². The van der Waals surface area contributed by atoms with E-state index >= 15 is 8.78 Å². The SMILES string of the molecule is CC1(C)O[C@@H]2C[C@H]3[C@@H]4C[C@H](F)C5=CC(=O)C=C[C@]5(C)[C@@]4(F)[C@@H](O)C[C@]3(C)[C@]2(C(=O)SCC#N)O1. The Hall–Kier alpha value is -1.60. The van der Waals surface area contributed by atoms with Crippen LogP contribution in [0.3, 0.4) is 0 Å². The summed E-state index contributed by atoms with van der Waals surface area (Å²) >= 11 is 0.832. The van der Waals surface area contributed by atoms with Gasteiger partial charge in [-0.2, -0.15) is 5.26 Å². The summed E-state index contributed by atoms with van der Waals surface area (Å²) in [5, 5.41) is 20.1. The average Bonchev–Trinajstić information content (AvgIpc) is 3.16. The number of rotatable bonds is 2. The van der Waals surface area contributed by atoms with Gasteiger partial charge in [0, 0.05) is 16.7 Å². The highest BCUT2D eigenvalue weighted by atomic mass is 32.2. The van der Waals surface area contributed by atoms with E-state index in [9.17, 15) is 14.7 Å². The minimum Gasteiger partial charge on any atom is -0.390 e. The lowest BCUT2D eigenvalue weighted by molar-refractivity contribution is -0.246. The van der Waals surface area contributed by atoms with Crippen molar-refractivity contribution in [3.8, 4) is 6.07 Å². The summed E-state index contributed by atoms with van der Waals surface area (Å²) in [5.41, 5.74) is -6.21. The molecule has 5 aliphatic rings. The lowest BCUT2D eigenvalue weighted by atomic mass is 9.44. The van der Waals surface area contributed by atoms with Crippen LogP contribution >= 0.6 is 11.8 Å². The third-order valence-corrected chi connectivity index (χ3v) is 10.0. The number of hydrogen-bond acceptors (Lipinski definition) is 7. The van der Waals surface area contributed by atoms with Crippen LogP contribution in [-0.4, -0.2) is 57.2 Å². The van der Waals surface area contributed by atoms with Crippen molar-refractivity contribution < 1.29 is 33.0 Å². The van der Waals surface area contributed by atoms with Gasteiger partial charge in [-0.25, -0.2) is 8.78 Å². The van der Waals surface area contributed by atoms with E-state index in [0.717, 1.165) is 17.8 Å². The molecule has 184 valence electrons. The first-order valence-electron chi connectivity index (χ1n) is 11.7. The molecule has 9 heteroatoms. The maximum absolute atomic E-state index is 17.3. The standard InChI is InChI=1S/C25H29F2NO5S/c1-21(2)32-19-11-14-15-10-17(26)16-9-13(29)5-6-22(16,3)24(15,27)18(30)12-23(14,4)25(19,33-21)20(31)34-8-7-28/h5-6,9,14-15,17-19,30H,8,10-12H2,1-4H3/t14-,15-,17-,18-,19+,22-,23-,24-,25-/m0/s1. The van der Waals surface area contributed by atoms with Crippen LogP contribution in [0.25, 0.3) is 0 Å². The number of aliphatic hydroxyl groups is 1. The van der Waals surface area contributed by atoms with Crippen molar-refractivity contribution in [3.05, 3.63) is 23.8 Å². The van der Waals surface area contributed by atoms with E-state index in [4.69, 9.17) is 14.7 Å². The van der Waals surface area contributed by atoms with Crippen molar-refractivity contribution in [1.82, 2.24) is 0 Å². The number of allylic oxidation sites excluding steroid dienone is 4. The van der Waals surface area contributed by atoms with Gasteiger partial charge in [0.05, 0.1) is 24.0 Å². The summed E-state index contributed by atoms with van der Waals surface area (Å²) < 4.78 is 45.3. The topological polar surface area (TPSA) is 96.6 Å². The molecule has 0 radical (unpaired) electrons. The first-order chi connectivity index (χ1) is 15.8. The molecule has 4 aliphatic carbocycles. The molecule has 0 aromatic heterocycles. The molecule has 0 amide bonds. The van der Waals surface area contributed by atoms with Crippen LogP contribution in [0, 0.1) is 34.0 Å². The van der Waals surface area contributed by atoms with Crippen molar-refractivity contribution in [2.45, 2.75) is 82.4 Å². The summed E-state index contributed by atoms with van der Waals surface area (Å²) in [6.07, 6.45) is -0.0423. The van der Waals surface area contributed by atoms with Gasteiger partial charge < -0.3 is 14.6 Å².